The van der Waals surface area contributed by atoms with Crippen LogP contribution in [0.3, 0.4) is 0 Å². The van der Waals surface area contributed by atoms with Gasteiger partial charge in [0.1, 0.15) is 12.7 Å². The Balaban J connectivity index is 4.73. The minimum Gasteiger partial charge on any atom is -0.251 e. The summed E-state index contributed by atoms with van der Waals surface area (Å²) in [4.78, 5) is 8.51. The molecular weight excluding hydrogens is 208 g/mol. The molecule has 0 aliphatic rings. The molecule has 0 bridgehead atoms. The molecule has 4 heteroatoms. The highest BCUT2D eigenvalue weighted by Crippen LogP contribution is 2.39. The van der Waals surface area contributed by atoms with Gasteiger partial charge in [0.2, 0.25) is 0 Å². The maximum atomic E-state index is 8.96. The van der Waals surface area contributed by atoms with Gasteiger partial charge in [-0.05, 0) is 22.8 Å². The predicted molar refractivity (Wildman–Crippen MR) is 63.1 cm³/mol. The average Bonchev–Trinajstić information content (AvgIpc) is 1.99. The third kappa shape index (κ3) is 5.07. The van der Waals surface area contributed by atoms with Gasteiger partial charge in [0, 0.05) is 0 Å². The average molecular weight is 232 g/mol. The second kappa shape index (κ2) is 5.77. The lowest BCUT2D eigenvalue weighted by Crippen LogP contribution is -2.37. The van der Waals surface area contributed by atoms with E-state index in [-0.39, 0.29) is 17.4 Å². The van der Waals surface area contributed by atoms with Crippen LogP contribution in [0.2, 0.25) is 0 Å². The van der Waals surface area contributed by atoms with Gasteiger partial charge >= 0.3 is 0 Å². The van der Waals surface area contributed by atoms with E-state index in [2.05, 4.69) is 37.1 Å². The fourth-order valence-electron chi connectivity index (χ4n) is 2.39. The maximum absolute atomic E-state index is 8.96. The Hall–Kier alpha value is -0.420. The number of hydrogen-bond acceptors (Lipinski definition) is 4. The van der Waals surface area contributed by atoms with Crippen LogP contribution < -0.4 is 0 Å². The minimum absolute atomic E-state index is 0.0429. The molecule has 0 aromatic heterocycles. The normalized spacial score (nSPS) is 14.9. The fraction of sp³-hybridized carbons (Fsp3) is 0.833. The van der Waals surface area contributed by atoms with E-state index in [1.807, 2.05) is 13.8 Å². The quantitative estimate of drug-likeness (QED) is 0.419. The molecule has 2 N–H and O–H groups in total. The summed E-state index contributed by atoms with van der Waals surface area (Å²) < 4.78 is 0. The lowest BCUT2D eigenvalue weighted by Gasteiger charge is -2.37. The van der Waals surface area contributed by atoms with Crippen LogP contribution in [0.5, 0.6) is 0 Å². The molecule has 1 atom stereocenters. The molecule has 0 rings (SSSR count). The van der Waals surface area contributed by atoms with E-state index in [1.54, 1.807) is 0 Å². The van der Waals surface area contributed by atoms with Crippen LogP contribution in [0.25, 0.3) is 0 Å². The van der Waals surface area contributed by atoms with Gasteiger partial charge in [0.15, 0.2) is 0 Å². The third-order valence-corrected chi connectivity index (χ3v) is 2.42. The molecule has 1 unspecified atom stereocenters. The molecule has 96 valence electrons. The van der Waals surface area contributed by atoms with Crippen molar-refractivity contribution in [2.75, 3.05) is 6.61 Å². The molecule has 0 aliphatic carbocycles. The highest BCUT2D eigenvalue weighted by atomic mass is 17.1. The summed E-state index contributed by atoms with van der Waals surface area (Å²) in [5.74, 6) is 0. The molecule has 16 heavy (non-hydrogen) atoms. The van der Waals surface area contributed by atoms with E-state index in [0.717, 1.165) is 6.42 Å². The maximum Gasteiger partial charge on any atom is 0.121 e. The highest BCUT2D eigenvalue weighted by molar-refractivity contribution is 5.08. The topological polar surface area (TPSA) is 58.9 Å². The standard InChI is InChI=1S/C12H24O4/c1-9(7-15-13)10(16-14)12(5,6)8-11(2,3)4/h10,13-14H,1,7-8H2,2-6H3. The Morgan fingerprint density at radius 1 is 1.19 bits per heavy atom. The first-order chi connectivity index (χ1) is 7.14. The van der Waals surface area contributed by atoms with Gasteiger partial charge in [0.25, 0.3) is 0 Å². The van der Waals surface area contributed by atoms with E-state index in [9.17, 15) is 0 Å². The summed E-state index contributed by atoms with van der Waals surface area (Å²) in [6.45, 7) is 14.0. The monoisotopic (exact) mass is 232 g/mol. The smallest absolute Gasteiger partial charge is 0.121 e. The Kier molecular flexibility index (Phi) is 5.62. The lowest BCUT2D eigenvalue weighted by atomic mass is 9.71. The Morgan fingerprint density at radius 2 is 1.69 bits per heavy atom. The van der Waals surface area contributed by atoms with Crippen LogP contribution >= 0.6 is 0 Å². The van der Waals surface area contributed by atoms with Crippen molar-refractivity contribution in [3.63, 3.8) is 0 Å². The van der Waals surface area contributed by atoms with E-state index in [4.69, 9.17) is 10.5 Å². The second-order valence-corrected chi connectivity index (χ2v) is 6.14. The molecule has 0 fully saturated rings. The van der Waals surface area contributed by atoms with Gasteiger partial charge in [-0.15, -0.1) is 0 Å². The summed E-state index contributed by atoms with van der Waals surface area (Å²) >= 11 is 0. The molecule has 0 radical (unpaired) electrons. The van der Waals surface area contributed by atoms with Crippen molar-refractivity contribution in [1.29, 1.82) is 0 Å². The lowest BCUT2D eigenvalue weighted by molar-refractivity contribution is -0.299. The van der Waals surface area contributed by atoms with E-state index in [0.29, 0.717) is 5.57 Å². The Bertz CT molecular complexity index is 228. The number of rotatable bonds is 6. The molecule has 0 amide bonds. The molecule has 0 saturated heterocycles. The SMILES string of the molecule is C=C(COO)C(OO)C(C)(C)CC(C)(C)C. The fourth-order valence-corrected chi connectivity index (χ4v) is 2.39. The summed E-state index contributed by atoms with van der Waals surface area (Å²) in [6.07, 6.45) is 0.286. The Morgan fingerprint density at radius 3 is 2.00 bits per heavy atom. The first-order valence-corrected chi connectivity index (χ1v) is 5.38. The van der Waals surface area contributed by atoms with Gasteiger partial charge in [-0.2, -0.15) is 0 Å². The molecule has 0 saturated carbocycles. The first kappa shape index (κ1) is 15.6. The van der Waals surface area contributed by atoms with Gasteiger partial charge in [-0.3, -0.25) is 10.5 Å². The van der Waals surface area contributed by atoms with Crippen molar-refractivity contribution < 1.29 is 20.3 Å². The van der Waals surface area contributed by atoms with E-state index >= 15 is 0 Å². The third-order valence-electron chi connectivity index (χ3n) is 2.42. The van der Waals surface area contributed by atoms with Gasteiger partial charge in [-0.25, -0.2) is 9.78 Å². The van der Waals surface area contributed by atoms with Gasteiger partial charge < -0.3 is 0 Å². The first-order valence-electron chi connectivity index (χ1n) is 5.38. The van der Waals surface area contributed by atoms with E-state index in [1.165, 1.54) is 0 Å². The zero-order valence-corrected chi connectivity index (χ0v) is 10.9. The molecule has 4 nitrogen and oxygen atoms in total. The predicted octanol–water partition coefficient (Wildman–Crippen LogP) is 3.35. The van der Waals surface area contributed by atoms with Gasteiger partial charge in [0.05, 0.1) is 0 Å². The zero-order valence-electron chi connectivity index (χ0n) is 10.9. The zero-order chi connectivity index (χ0) is 13.0. The summed E-state index contributed by atoms with van der Waals surface area (Å²) in [6, 6.07) is 0. The minimum atomic E-state index is -0.557. The van der Waals surface area contributed by atoms with Crippen molar-refractivity contribution in [2.24, 2.45) is 10.8 Å². The summed E-state index contributed by atoms with van der Waals surface area (Å²) in [7, 11) is 0. The highest BCUT2D eigenvalue weighted by Gasteiger charge is 2.36. The van der Waals surface area contributed by atoms with Crippen molar-refractivity contribution in [3.05, 3.63) is 12.2 Å². The van der Waals surface area contributed by atoms with E-state index < -0.39 is 6.10 Å². The molecular formula is C12H24O4. The van der Waals surface area contributed by atoms with Crippen LogP contribution in [0.15, 0.2) is 12.2 Å². The van der Waals surface area contributed by atoms with Crippen molar-refractivity contribution in [3.8, 4) is 0 Å². The Labute approximate surface area is 97.7 Å². The molecule has 0 aliphatic heterocycles. The van der Waals surface area contributed by atoms with Crippen LogP contribution in [-0.4, -0.2) is 23.2 Å². The van der Waals surface area contributed by atoms with Crippen molar-refractivity contribution >= 4 is 0 Å². The van der Waals surface area contributed by atoms with Crippen molar-refractivity contribution in [1.82, 2.24) is 0 Å². The molecule has 0 aromatic carbocycles. The van der Waals surface area contributed by atoms with Crippen LogP contribution in [0.1, 0.15) is 41.0 Å². The molecule has 0 heterocycles. The second-order valence-electron chi connectivity index (χ2n) is 6.14. The molecule has 0 aromatic rings. The van der Waals surface area contributed by atoms with Crippen molar-refractivity contribution in [2.45, 2.75) is 47.1 Å². The van der Waals surface area contributed by atoms with Gasteiger partial charge in [-0.1, -0.05) is 41.2 Å². The largest absolute Gasteiger partial charge is 0.251 e. The van der Waals surface area contributed by atoms with Crippen LogP contribution in [0.4, 0.5) is 0 Å². The summed E-state index contributed by atoms with van der Waals surface area (Å²) in [5.41, 5.74) is 0.336. The molecule has 0 spiro atoms. The van der Waals surface area contributed by atoms with Crippen LogP contribution in [0, 0.1) is 10.8 Å². The number of hydrogen-bond donors (Lipinski definition) is 2. The van der Waals surface area contributed by atoms with Crippen LogP contribution in [-0.2, 0) is 9.78 Å². The summed E-state index contributed by atoms with van der Waals surface area (Å²) in [5, 5.41) is 17.3.